The van der Waals surface area contributed by atoms with E-state index in [2.05, 4.69) is 25.8 Å². The molecule has 0 aromatic heterocycles. The minimum atomic E-state index is 0.0759. The van der Waals surface area contributed by atoms with E-state index in [-0.39, 0.29) is 5.54 Å². The summed E-state index contributed by atoms with van der Waals surface area (Å²) < 4.78 is 0. The van der Waals surface area contributed by atoms with E-state index in [0.717, 1.165) is 19.5 Å². The highest BCUT2D eigenvalue weighted by molar-refractivity contribution is 4.90. The van der Waals surface area contributed by atoms with Gasteiger partial charge in [0.1, 0.15) is 0 Å². The van der Waals surface area contributed by atoms with Crippen LogP contribution in [0.15, 0.2) is 0 Å². The van der Waals surface area contributed by atoms with E-state index in [1.54, 1.807) is 0 Å². The second kappa shape index (κ2) is 2.51. The molecule has 0 aliphatic carbocycles. The van der Waals surface area contributed by atoms with E-state index in [0.29, 0.717) is 5.92 Å². The summed E-state index contributed by atoms with van der Waals surface area (Å²) in [6.07, 6.45) is 1.13. The zero-order valence-corrected chi connectivity index (χ0v) is 7.22. The molecular weight excluding hydrogens is 124 g/mol. The van der Waals surface area contributed by atoms with Gasteiger partial charge >= 0.3 is 0 Å². The van der Waals surface area contributed by atoms with E-state index < -0.39 is 0 Å². The van der Waals surface area contributed by atoms with Crippen molar-refractivity contribution in [3.8, 4) is 0 Å². The lowest BCUT2D eigenvalue weighted by molar-refractivity contribution is 0.138. The standard InChI is InChI=1S/C8H18N2/c1-7-6-10(3)5-4-8(7,2)9/h7H,4-6,9H2,1-3H3. The Morgan fingerprint density at radius 3 is 2.60 bits per heavy atom. The van der Waals surface area contributed by atoms with Gasteiger partial charge in [-0.15, -0.1) is 0 Å². The molecule has 2 atom stereocenters. The van der Waals surface area contributed by atoms with Crippen LogP contribution in [0, 0.1) is 5.92 Å². The average Bonchev–Trinajstić information content (AvgIpc) is 1.81. The largest absolute Gasteiger partial charge is 0.325 e. The Balaban J connectivity index is 2.52. The zero-order chi connectivity index (χ0) is 7.78. The predicted octanol–water partition coefficient (Wildman–Crippen LogP) is 0.675. The fourth-order valence-electron chi connectivity index (χ4n) is 1.45. The molecular formula is C8H18N2. The molecule has 2 unspecified atom stereocenters. The van der Waals surface area contributed by atoms with Crippen LogP contribution < -0.4 is 5.73 Å². The minimum Gasteiger partial charge on any atom is -0.325 e. The summed E-state index contributed by atoms with van der Waals surface area (Å²) in [7, 11) is 2.16. The molecule has 1 aliphatic rings. The number of rotatable bonds is 0. The molecule has 60 valence electrons. The normalized spacial score (nSPS) is 43.8. The zero-order valence-electron chi connectivity index (χ0n) is 7.22. The maximum absolute atomic E-state index is 6.06. The molecule has 0 bridgehead atoms. The van der Waals surface area contributed by atoms with Crippen LogP contribution in [-0.2, 0) is 0 Å². The van der Waals surface area contributed by atoms with Gasteiger partial charge in [0.25, 0.3) is 0 Å². The number of piperidine rings is 1. The minimum absolute atomic E-state index is 0.0759. The maximum atomic E-state index is 6.06. The monoisotopic (exact) mass is 142 g/mol. The van der Waals surface area contributed by atoms with Crippen molar-refractivity contribution >= 4 is 0 Å². The third-order valence-corrected chi connectivity index (χ3v) is 2.74. The van der Waals surface area contributed by atoms with Crippen molar-refractivity contribution in [2.24, 2.45) is 11.7 Å². The SMILES string of the molecule is CC1CN(C)CCC1(C)N. The fraction of sp³-hybridized carbons (Fsp3) is 1.00. The van der Waals surface area contributed by atoms with Crippen LogP contribution in [0.1, 0.15) is 20.3 Å². The highest BCUT2D eigenvalue weighted by Gasteiger charge is 2.31. The molecule has 0 aromatic rings. The molecule has 10 heavy (non-hydrogen) atoms. The van der Waals surface area contributed by atoms with Gasteiger partial charge < -0.3 is 10.6 Å². The van der Waals surface area contributed by atoms with Gasteiger partial charge in [0.2, 0.25) is 0 Å². The molecule has 1 fully saturated rings. The lowest BCUT2D eigenvalue weighted by Gasteiger charge is -2.40. The van der Waals surface area contributed by atoms with Gasteiger partial charge in [0, 0.05) is 12.1 Å². The Bertz CT molecular complexity index is 120. The molecule has 0 aromatic carbocycles. The van der Waals surface area contributed by atoms with E-state index in [9.17, 15) is 0 Å². The second-order valence-corrected chi connectivity index (χ2v) is 3.92. The van der Waals surface area contributed by atoms with Gasteiger partial charge in [-0.1, -0.05) is 6.92 Å². The third kappa shape index (κ3) is 1.50. The van der Waals surface area contributed by atoms with E-state index >= 15 is 0 Å². The van der Waals surface area contributed by atoms with E-state index in [1.807, 2.05) is 0 Å². The number of hydrogen-bond acceptors (Lipinski definition) is 2. The predicted molar refractivity (Wildman–Crippen MR) is 43.9 cm³/mol. The summed E-state index contributed by atoms with van der Waals surface area (Å²) in [6.45, 7) is 6.69. The van der Waals surface area contributed by atoms with Crippen LogP contribution in [0.3, 0.4) is 0 Å². The Morgan fingerprint density at radius 1 is 1.60 bits per heavy atom. The summed E-state index contributed by atoms with van der Waals surface area (Å²) in [5.74, 6) is 0.631. The molecule has 0 radical (unpaired) electrons. The molecule has 2 nitrogen and oxygen atoms in total. The molecule has 1 saturated heterocycles. The molecule has 1 aliphatic heterocycles. The second-order valence-electron chi connectivity index (χ2n) is 3.92. The van der Waals surface area contributed by atoms with Crippen LogP contribution in [-0.4, -0.2) is 30.6 Å². The Labute approximate surface area is 63.4 Å². The van der Waals surface area contributed by atoms with Gasteiger partial charge in [-0.2, -0.15) is 0 Å². The Hall–Kier alpha value is -0.0800. The van der Waals surface area contributed by atoms with Gasteiger partial charge in [-0.25, -0.2) is 0 Å². The number of likely N-dealkylation sites (tertiary alicyclic amines) is 1. The molecule has 0 saturated carbocycles. The van der Waals surface area contributed by atoms with Crippen LogP contribution in [0.5, 0.6) is 0 Å². The van der Waals surface area contributed by atoms with E-state index in [1.165, 1.54) is 0 Å². The Morgan fingerprint density at radius 2 is 2.20 bits per heavy atom. The summed E-state index contributed by atoms with van der Waals surface area (Å²) >= 11 is 0. The van der Waals surface area contributed by atoms with Crippen molar-refractivity contribution in [3.63, 3.8) is 0 Å². The van der Waals surface area contributed by atoms with Crippen molar-refractivity contribution in [3.05, 3.63) is 0 Å². The van der Waals surface area contributed by atoms with Gasteiger partial charge in [0.05, 0.1) is 0 Å². The van der Waals surface area contributed by atoms with Crippen LogP contribution in [0.2, 0.25) is 0 Å². The van der Waals surface area contributed by atoms with Crippen molar-refractivity contribution in [1.29, 1.82) is 0 Å². The lowest BCUT2D eigenvalue weighted by Crippen LogP contribution is -2.53. The van der Waals surface area contributed by atoms with E-state index in [4.69, 9.17) is 5.73 Å². The first-order chi connectivity index (χ1) is 4.52. The number of nitrogens with zero attached hydrogens (tertiary/aromatic N) is 1. The van der Waals surface area contributed by atoms with Crippen LogP contribution in [0.4, 0.5) is 0 Å². The van der Waals surface area contributed by atoms with Crippen LogP contribution in [0.25, 0.3) is 0 Å². The van der Waals surface area contributed by atoms with Crippen molar-refractivity contribution < 1.29 is 0 Å². The first-order valence-electron chi connectivity index (χ1n) is 4.00. The van der Waals surface area contributed by atoms with Gasteiger partial charge in [-0.05, 0) is 32.9 Å². The highest BCUT2D eigenvalue weighted by Crippen LogP contribution is 2.23. The molecule has 1 rings (SSSR count). The van der Waals surface area contributed by atoms with Gasteiger partial charge in [-0.3, -0.25) is 0 Å². The van der Waals surface area contributed by atoms with Crippen LogP contribution >= 0.6 is 0 Å². The maximum Gasteiger partial charge on any atom is 0.0176 e. The smallest absolute Gasteiger partial charge is 0.0176 e. The Kier molecular flexibility index (Phi) is 2.02. The first-order valence-corrected chi connectivity index (χ1v) is 4.00. The van der Waals surface area contributed by atoms with Gasteiger partial charge in [0.15, 0.2) is 0 Å². The topological polar surface area (TPSA) is 29.3 Å². The summed E-state index contributed by atoms with van der Waals surface area (Å²) in [4.78, 5) is 2.35. The highest BCUT2D eigenvalue weighted by atomic mass is 15.1. The molecule has 0 amide bonds. The third-order valence-electron chi connectivity index (χ3n) is 2.74. The lowest BCUT2D eigenvalue weighted by atomic mass is 9.82. The summed E-state index contributed by atoms with van der Waals surface area (Å²) in [6, 6.07) is 0. The summed E-state index contributed by atoms with van der Waals surface area (Å²) in [5, 5.41) is 0. The molecule has 2 N–H and O–H groups in total. The number of nitrogens with two attached hydrogens (primary N) is 1. The average molecular weight is 142 g/mol. The van der Waals surface area contributed by atoms with Crippen molar-refractivity contribution in [2.75, 3.05) is 20.1 Å². The molecule has 1 heterocycles. The summed E-state index contributed by atoms with van der Waals surface area (Å²) in [5.41, 5.74) is 6.13. The fourth-order valence-corrected chi connectivity index (χ4v) is 1.45. The number of hydrogen-bond donors (Lipinski definition) is 1. The van der Waals surface area contributed by atoms with Crippen molar-refractivity contribution in [1.82, 2.24) is 4.90 Å². The molecule has 2 heteroatoms. The quantitative estimate of drug-likeness (QED) is 0.539. The molecule has 0 spiro atoms. The first kappa shape index (κ1) is 8.02. The van der Waals surface area contributed by atoms with Crippen molar-refractivity contribution in [2.45, 2.75) is 25.8 Å².